The summed E-state index contributed by atoms with van der Waals surface area (Å²) in [5.41, 5.74) is 1.25. The van der Waals surface area contributed by atoms with Crippen LogP contribution in [-0.4, -0.2) is 46.5 Å². The Morgan fingerprint density at radius 2 is 1.75 bits per heavy atom. The zero-order chi connectivity index (χ0) is 14.1. The van der Waals surface area contributed by atoms with E-state index in [0.717, 1.165) is 13.0 Å². The van der Waals surface area contributed by atoms with E-state index in [-0.39, 0.29) is 29.7 Å². The van der Waals surface area contributed by atoms with Crippen molar-refractivity contribution in [1.82, 2.24) is 10.6 Å². The van der Waals surface area contributed by atoms with Gasteiger partial charge in [-0.25, -0.2) is 8.42 Å². The number of hydrogen-bond acceptors (Lipinski definition) is 3. The first-order valence-corrected chi connectivity index (χ1v) is 8.23. The quantitative estimate of drug-likeness (QED) is 0.417. The van der Waals surface area contributed by atoms with Crippen LogP contribution in [0.1, 0.15) is 5.56 Å². The van der Waals surface area contributed by atoms with Crippen LogP contribution in [0.15, 0.2) is 35.3 Å². The number of benzene rings is 1. The molecule has 0 heterocycles. The molecule has 5 nitrogen and oxygen atoms in total. The first-order valence-electron chi connectivity index (χ1n) is 6.17. The summed E-state index contributed by atoms with van der Waals surface area (Å²) in [6.07, 6.45) is 2.12. The van der Waals surface area contributed by atoms with Crippen molar-refractivity contribution >= 4 is 39.8 Å². The molecule has 0 aliphatic rings. The summed E-state index contributed by atoms with van der Waals surface area (Å²) < 4.78 is 22.0. The van der Waals surface area contributed by atoms with Crippen LogP contribution >= 0.6 is 24.0 Å². The van der Waals surface area contributed by atoms with Gasteiger partial charge in [0.15, 0.2) is 5.96 Å². The highest BCUT2D eigenvalue weighted by atomic mass is 127. The molecule has 0 saturated carbocycles. The van der Waals surface area contributed by atoms with Crippen molar-refractivity contribution in [2.24, 2.45) is 4.99 Å². The highest BCUT2D eigenvalue weighted by Gasteiger charge is 2.02. The van der Waals surface area contributed by atoms with Gasteiger partial charge in [0.1, 0.15) is 9.84 Å². The Hall–Kier alpha value is -0.830. The van der Waals surface area contributed by atoms with Crippen molar-refractivity contribution in [2.75, 3.05) is 32.1 Å². The van der Waals surface area contributed by atoms with E-state index >= 15 is 0 Å². The summed E-state index contributed by atoms with van der Waals surface area (Å²) in [4.78, 5) is 4.04. The van der Waals surface area contributed by atoms with E-state index in [0.29, 0.717) is 12.5 Å². The third kappa shape index (κ3) is 9.13. The maximum atomic E-state index is 11.0. The number of rotatable bonds is 6. The molecule has 2 N–H and O–H groups in total. The van der Waals surface area contributed by atoms with Gasteiger partial charge in [0.05, 0.1) is 5.75 Å². The lowest BCUT2D eigenvalue weighted by atomic mass is 10.1. The molecule has 0 aliphatic heterocycles. The number of halogens is 1. The summed E-state index contributed by atoms with van der Waals surface area (Å²) in [5.74, 6) is 0.728. The van der Waals surface area contributed by atoms with Crippen LogP contribution in [0.5, 0.6) is 0 Å². The fraction of sp³-hybridized carbons (Fsp3) is 0.462. The maximum absolute atomic E-state index is 11.0. The SMILES string of the molecule is CN=C(NCCc1ccccc1)NCCS(C)(=O)=O.I. The summed E-state index contributed by atoms with van der Waals surface area (Å²) in [6, 6.07) is 10.1. The molecule has 0 atom stereocenters. The maximum Gasteiger partial charge on any atom is 0.191 e. The minimum Gasteiger partial charge on any atom is -0.356 e. The molecule has 0 aliphatic carbocycles. The zero-order valence-corrected chi connectivity index (χ0v) is 14.9. The number of nitrogens with one attached hydrogen (secondary N) is 2. The van der Waals surface area contributed by atoms with E-state index in [1.54, 1.807) is 7.05 Å². The molecule has 114 valence electrons. The molecule has 0 aromatic heterocycles. The number of sulfone groups is 1. The summed E-state index contributed by atoms with van der Waals surface area (Å²) in [7, 11) is -1.27. The fourth-order valence-corrected chi connectivity index (χ4v) is 2.02. The lowest BCUT2D eigenvalue weighted by Crippen LogP contribution is -2.40. The van der Waals surface area contributed by atoms with Gasteiger partial charge in [-0.1, -0.05) is 30.3 Å². The van der Waals surface area contributed by atoms with Gasteiger partial charge in [0.25, 0.3) is 0 Å². The second kappa shape index (κ2) is 9.98. The van der Waals surface area contributed by atoms with Gasteiger partial charge in [-0.2, -0.15) is 0 Å². The molecule has 0 radical (unpaired) electrons. The molecule has 0 spiro atoms. The molecule has 20 heavy (non-hydrogen) atoms. The molecule has 1 aromatic carbocycles. The van der Waals surface area contributed by atoms with Crippen LogP contribution in [0.25, 0.3) is 0 Å². The van der Waals surface area contributed by atoms with Gasteiger partial charge in [-0.15, -0.1) is 24.0 Å². The van der Waals surface area contributed by atoms with Crippen LogP contribution in [0.2, 0.25) is 0 Å². The fourth-order valence-electron chi connectivity index (χ4n) is 1.55. The predicted molar refractivity (Wildman–Crippen MR) is 94.6 cm³/mol. The minimum absolute atomic E-state index is 0. The van der Waals surface area contributed by atoms with Gasteiger partial charge in [-0.05, 0) is 12.0 Å². The van der Waals surface area contributed by atoms with E-state index in [9.17, 15) is 8.42 Å². The van der Waals surface area contributed by atoms with Crippen molar-refractivity contribution in [2.45, 2.75) is 6.42 Å². The monoisotopic (exact) mass is 411 g/mol. The van der Waals surface area contributed by atoms with Crippen molar-refractivity contribution in [3.63, 3.8) is 0 Å². The Labute approximate surface area is 138 Å². The van der Waals surface area contributed by atoms with Gasteiger partial charge in [0.2, 0.25) is 0 Å². The van der Waals surface area contributed by atoms with Crippen molar-refractivity contribution in [1.29, 1.82) is 0 Å². The molecule has 0 unspecified atom stereocenters. The Bertz CT molecular complexity index is 504. The van der Waals surface area contributed by atoms with E-state index < -0.39 is 9.84 Å². The molecule has 1 rings (SSSR count). The van der Waals surface area contributed by atoms with Crippen LogP contribution in [0.4, 0.5) is 0 Å². The lowest BCUT2D eigenvalue weighted by Gasteiger charge is -2.11. The minimum atomic E-state index is -2.94. The Morgan fingerprint density at radius 3 is 2.30 bits per heavy atom. The number of nitrogens with zero attached hydrogens (tertiary/aromatic N) is 1. The molecular formula is C13H22IN3O2S. The molecule has 0 bridgehead atoms. The largest absolute Gasteiger partial charge is 0.356 e. The zero-order valence-electron chi connectivity index (χ0n) is 11.8. The first-order chi connectivity index (χ1) is 9.01. The Morgan fingerprint density at radius 1 is 1.15 bits per heavy atom. The van der Waals surface area contributed by atoms with Crippen LogP contribution in [-0.2, 0) is 16.3 Å². The average molecular weight is 411 g/mol. The van der Waals surface area contributed by atoms with Gasteiger partial charge < -0.3 is 10.6 Å². The first kappa shape index (κ1) is 19.2. The summed E-state index contributed by atoms with van der Waals surface area (Å²) in [6.45, 7) is 1.12. The second-order valence-corrected chi connectivity index (χ2v) is 6.55. The van der Waals surface area contributed by atoms with Crippen LogP contribution in [0, 0.1) is 0 Å². The smallest absolute Gasteiger partial charge is 0.191 e. The van der Waals surface area contributed by atoms with Crippen molar-refractivity contribution in [3.05, 3.63) is 35.9 Å². The molecule has 1 aromatic rings. The van der Waals surface area contributed by atoms with E-state index in [1.807, 2.05) is 18.2 Å². The predicted octanol–water partition coefficient (Wildman–Crippen LogP) is 1.06. The Balaban J connectivity index is 0.00000361. The average Bonchev–Trinajstić information content (AvgIpc) is 2.37. The van der Waals surface area contributed by atoms with Gasteiger partial charge >= 0.3 is 0 Å². The normalized spacial score (nSPS) is 11.6. The number of hydrogen-bond donors (Lipinski definition) is 2. The van der Waals surface area contributed by atoms with E-state index in [2.05, 4.69) is 27.8 Å². The Kier molecular flexibility index (Phi) is 9.56. The highest BCUT2D eigenvalue weighted by Crippen LogP contribution is 1.97. The topological polar surface area (TPSA) is 70.6 Å². The van der Waals surface area contributed by atoms with Crippen LogP contribution in [0.3, 0.4) is 0 Å². The molecule has 0 fully saturated rings. The third-order valence-corrected chi connectivity index (χ3v) is 3.48. The molecule has 0 amide bonds. The molecule has 0 saturated heterocycles. The summed E-state index contributed by atoms with van der Waals surface area (Å²) >= 11 is 0. The third-order valence-electron chi connectivity index (χ3n) is 2.54. The number of aliphatic imine (C=N–C) groups is 1. The number of guanidine groups is 1. The molecule has 7 heteroatoms. The highest BCUT2D eigenvalue weighted by molar-refractivity contribution is 14.0. The standard InChI is InChI=1S/C13H21N3O2S.HI/c1-14-13(16-10-11-19(2,17)18)15-9-8-12-6-4-3-5-7-12;/h3-7H,8-11H2,1-2H3,(H2,14,15,16);1H. The summed E-state index contributed by atoms with van der Waals surface area (Å²) in [5, 5.41) is 6.12. The lowest BCUT2D eigenvalue weighted by molar-refractivity contribution is 0.600. The van der Waals surface area contributed by atoms with Gasteiger partial charge in [0, 0.05) is 26.4 Å². The molecular weight excluding hydrogens is 389 g/mol. The van der Waals surface area contributed by atoms with E-state index in [1.165, 1.54) is 11.8 Å². The van der Waals surface area contributed by atoms with Crippen molar-refractivity contribution in [3.8, 4) is 0 Å². The van der Waals surface area contributed by atoms with Crippen LogP contribution < -0.4 is 10.6 Å². The van der Waals surface area contributed by atoms with Crippen molar-refractivity contribution < 1.29 is 8.42 Å². The second-order valence-electron chi connectivity index (χ2n) is 4.29. The van der Waals surface area contributed by atoms with E-state index in [4.69, 9.17) is 0 Å². The van der Waals surface area contributed by atoms with Gasteiger partial charge in [-0.3, -0.25) is 4.99 Å².